The lowest BCUT2D eigenvalue weighted by Gasteiger charge is -2.11. The summed E-state index contributed by atoms with van der Waals surface area (Å²) in [5, 5.41) is 0.406. The molecule has 3 nitrogen and oxygen atoms in total. The molecule has 76 valence electrons. The van der Waals surface area contributed by atoms with Gasteiger partial charge in [0.2, 0.25) is 0 Å². The van der Waals surface area contributed by atoms with Gasteiger partial charge < -0.3 is 9.64 Å². The first-order chi connectivity index (χ1) is 6.56. The minimum atomic E-state index is -0.113. The van der Waals surface area contributed by atoms with Crippen molar-refractivity contribution in [1.29, 1.82) is 0 Å². The summed E-state index contributed by atoms with van der Waals surface area (Å²) in [5.74, 6) is 0.531. The Hall–Kier alpha value is -1.22. The van der Waals surface area contributed by atoms with Crippen molar-refractivity contribution >= 4 is 17.5 Å². The summed E-state index contributed by atoms with van der Waals surface area (Å²) < 4.78 is 4.98. The Morgan fingerprint density at radius 3 is 2.50 bits per heavy atom. The van der Waals surface area contributed by atoms with E-state index in [2.05, 4.69) is 0 Å². The molecule has 0 aliphatic carbocycles. The summed E-state index contributed by atoms with van der Waals surface area (Å²) in [7, 11) is 4.92. The van der Waals surface area contributed by atoms with Crippen LogP contribution in [0.4, 0.5) is 0 Å². The van der Waals surface area contributed by atoms with E-state index in [-0.39, 0.29) is 5.91 Å². The fourth-order valence-electron chi connectivity index (χ4n) is 1.04. The van der Waals surface area contributed by atoms with Crippen molar-refractivity contribution in [1.82, 2.24) is 4.90 Å². The average molecular weight is 214 g/mol. The van der Waals surface area contributed by atoms with Crippen molar-refractivity contribution in [2.75, 3.05) is 21.2 Å². The molecule has 1 amide bonds. The normalized spacial score (nSPS) is 9.71. The number of hydrogen-bond donors (Lipinski definition) is 0. The van der Waals surface area contributed by atoms with Crippen molar-refractivity contribution in [3.63, 3.8) is 0 Å². The first-order valence-corrected chi connectivity index (χ1v) is 4.49. The van der Waals surface area contributed by atoms with E-state index in [1.54, 1.807) is 39.4 Å². The first-order valence-electron chi connectivity index (χ1n) is 4.11. The van der Waals surface area contributed by atoms with Gasteiger partial charge in [-0.05, 0) is 18.2 Å². The van der Waals surface area contributed by atoms with E-state index in [9.17, 15) is 4.79 Å². The number of halogens is 1. The van der Waals surface area contributed by atoms with Crippen LogP contribution in [0.5, 0.6) is 5.75 Å². The Balaban J connectivity index is 3.06. The third-order valence-electron chi connectivity index (χ3n) is 1.81. The van der Waals surface area contributed by atoms with E-state index in [4.69, 9.17) is 16.3 Å². The van der Waals surface area contributed by atoms with E-state index in [0.717, 1.165) is 0 Å². The molecule has 0 aliphatic heterocycles. The minimum Gasteiger partial charge on any atom is -0.497 e. The zero-order chi connectivity index (χ0) is 10.7. The summed E-state index contributed by atoms with van der Waals surface area (Å²) in [6.07, 6.45) is 0. The number of ether oxygens (including phenoxy) is 1. The highest BCUT2D eigenvalue weighted by molar-refractivity contribution is 6.34. The van der Waals surface area contributed by atoms with E-state index in [0.29, 0.717) is 16.3 Å². The molecule has 4 heteroatoms. The predicted octanol–water partition coefficient (Wildman–Crippen LogP) is 2.05. The van der Waals surface area contributed by atoms with Crippen LogP contribution in [-0.2, 0) is 0 Å². The highest BCUT2D eigenvalue weighted by atomic mass is 35.5. The largest absolute Gasteiger partial charge is 0.497 e. The molecular weight excluding hydrogens is 202 g/mol. The summed E-state index contributed by atoms with van der Waals surface area (Å²) in [4.78, 5) is 13.0. The zero-order valence-electron chi connectivity index (χ0n) is 8.37. The SMILES string of the molecule is COc1ccc(C(=O)N(C)C)c(Cl)c1. The fraction of sp³-hybridized carbons (Fsp3) is 0.300. The lowest BCUT2D eigenvalue weighted by atomic mass is 10.2. The van der Waals surface area contributed by atoms with Gasteiger partial charge in [-0.2, -0.15) is 0 Å². The Labute approximate surface area is 88.2 Å². The van der Waals surface area contributed by atoms with Gasteiger partial charge in [0.25, 0.3) is 5.91 Å². The van der Waals surface area contributed by atoms with Crippen LogP contribution < -0.4 is 4.74 Å². The Bertz CT molecular complexity index is 350. The smallest absolute Gasteiger partial charge is 0.254 e. The van der Waals surface area contributed by atoms with Crippen LogP contribution in [0, 0.1) is 0 Å². The van der Waals surface area contributed by atoms with Gasteiger partial charge in [-0.25, -0.2) is 0 Å². The number of methoxy groups -OCH3 is 1. The van der Waals surface area contributed by atoms with Crippen molar-refractivity contribution < 1.29 is 9.53 Å². The number of carbonyl (C=O) groups excluding carboxylic acids is 1. The lowest BCUT2D eigenvalue weighted by Crippen LogP contribution is -2.21. The van der Waals surface area contributed by atoms with Crippen molar-refractivity contribution in [2.45, 2.75) is 0 Å². The molecule has 0 aliphatic rings. The zero-order valence-corrected chi connectivity index (χ0v) is 9.13. The quantitative estimate of drug-likeness (QED) is 0.753. The molecule has 0 radical (unpaired) electrons. The molecule has 0 unspecified atom stereocenters. The van der Waals surface area contributed by atoms with E-state index >= 15 is 0 Å². The van der Waals surface area contributed by atoms with Crippen LogP contribution in [0.1, 0.15) is 10.4 Å². The molecule has 0 aromatic heterocycles. The monoisotopic (exact) mass is 213 g/mol. The molecule has 0 atom stereocenters. The van der Waals surface area contributed by atoms with E-state index in [1.165, 1.54) is 4.90 Å². The van der Waals surface area contributed by atoms with E-state index < -0.39 is 0 Å². The van der Waals surface area contributed by atoms with Gasteiger partial charge in [0.15, 0.2) is 0 Å². The number of benzene rings is 1. The van der Waals surface area contributed by atoms with Crippen LogP contribution in [-0.4, -0.2) is 32.0 Å². The van der Waals surface area contributed by atoms with E-state index in [1.807, 2.05) is 0 Å². The Morgan fingerprint density at radius 1 is 1.43 bits per heavy atom. The summed E-state index contributed by atoms with van der Waals surface area (Å²) in [6, 6.07) is 4.99. The maximum Gasteiger partial charge on any atom is 0.254 e. The van der Waals surface area contributed by atoms with Gasteiger partial charge in [-0.3, -0.25) is 4.79 Å². The number of rotatable bonds is 2. The average Bonchev–Trinajstić information content (AvgIpc) is 2.16. The predicted molar refractivity (Wildman–Crippen MR) is 56.0 cm³/mol. The molecule has 14 heavy (non-hydrogen) atoms. The molecule has 0 fully saturated rings. The van der Waals surface area contributed by atoms with Crippen LogP contribution in [0.3, 0.4) is 0 Å². The number of carbonyl (C=O) groups is 1. The van der Waals surface area contributed by atoms with Crippen molar-refractivity contribution in [3.8, 4) is 5.75 Å². The van der Waals surface area contributed by atoms with Gasteiger partial charge in [0, 0.05) is 14.1 Å². The van der Waals surface area contributed by atoms with Gasteiger partial charge >= 0.3 is 0 Å². The fourth-order valence-corrected chi connectivity index (χ4v) is 1.29. The van der Waals surface area contributed by atoms with Gasteiger partial charge in [-0.15, -0.1) is 0 Å². The second-order valence-electron chi connectivity index (χ2n) is 3.05. The maximum absolute atomic E-state index is 11.6. The van der Waals surface area contributed by atoms with Gasteiger partial charge in [0.1, 0.15) is 5.75 Å². The summed E-state index contributed by atoms with van der Waals surface area (Å²) in [6.45, 7) is 0. The third-order valence-corrected chi connectivity index (χ3v) is 2.13. The second-order valence-corrected chi connectivity index (χ2v) is 3.45. The topological polar surface area (TPSA) is 29.5 Å². The standard InChI is InChI=1S/C10H12ClNO2/c1-12(2)10(13)8-5-4-7(14-3)6-9(8)11/h4-6H,1-3H3. The summed E-state index contributed by atoms with van der Waals surface area (Å²) in [5.41, 5.74) is 0.484. The van der Waals surface area contributed by atoms with Crippen LogP contribution in [0.25, 0.3) is 0 Å². The number of hydrogen-bond acceptors (Lipinski definition) is 2. The molecule has 0 spiro atoms. The molecule has 0 N–H and O–H groups in total. The molecule has 0 bridgehead atoms. The van der Waals surface area contributed by atoms with Crippen LogP contribution in [0.2, 0.25) is 5.02 Å². The number of nitrogens with zero attached hydrogens (tertiary/aromatic N) is 1. The minimum absolute atomic E-state index is 0.113. The van der Waals surface area contributed by atoms with Crippen LogP contribution in [0.15, 0.2) is 18.2 Å². The molecule has 0 heterocycles. The molecule has 0 saturated heterocycles. The molecular formula is C10H12ClNO2. The van der Waals surface area contributed by atoms with Crippen LogP contribution >= 0.6 is 11.6 Å². The summed E-state index contributed by atoms with van der Waals surface area (Å²) >= 11 is 5.92. The lowest BCUT2D eigenvalue weighted by molar-refractivity contribution is 0.0828. The second kappa shape index (κ2) is 4.33. The highest BCUT2D eigenvalue weighted by Crippen LogP contribution is 2.22. The Morgan fingerprint density at radius 2 is 2.07 bits per heavy atom. The van der Waals surface area contributed by atoms with Crippen molar-refractivity contribution in [2.24, 2.45) is 0 Å². The van der Waals surface area contributed by atoms with Gasteiger partial charge in [0.05, 0.1) is 17.7 Å². The van der Waals surface area contributed by atoms with Gasteiger partial charge in [-0.1, -0.05) is 11.6 Å². The molecule has 1 rings (SSSR count). The Kier molecular flexibility index (Phi) is 3.36. The van der Waals surface area contributed by atoms with Crippen molar-refractivity contribution in [3.05, 3.63) is 28.8 Å². The maximum atomic E-state index is 11.6. The first kappa shape index (κ1) is 10.9. The molecule has 1 aromatic carbocycles. The molecule has 0 saturated carbocycles. The third kappa shape index (κ3) is 2.17. The number of amides is 1. The molecule has 1 aromatic rings. The highest BCUT2D eigenvalue weighted by Gasteiger charge is 2.12.